The maximum absolute atomic E-state index is 11.9. The van der Waals surface area contributed by atoms with Crippen LogP contribution in [-0.2, 0) is 9.47 Å². The van der Waals surface area contributed by atoms with Crippen molar-refractivity contribution in [1.29, 1.82) is 0 Å². The van der Waals surface area contributed by atoms with Crippen LogP contribution in [0, 0.1) is 0 Å². The summed E-state index contributed by atoms with van der Waals surface area (Å²) >= 11 is 6.23. The second-order valence-corrected chi connectivity index (χ2v) is 5.27. The molecule has 0 aliphatic heterocycles. The quantitative estimate of drug-likeness (QED) is 0.804. The fourth-order valence-electron chi connectivity index (χ4n) is 1.92. The lowest BCUT2D eigenvalue weighted by molar-refractivity contribution is 0.0377. The molecule has 1 aromatic heterocycles. The number of pyridine rings is 1. The molecule has 0 spiro atoms. The van der Waals surface area contributed by atoms with Crippen LogP contribution in [0.4, 0.5) is 0 Å². The minimum absolute atomic E-state index is 0.202. The SMILES string of the molecule is CCOC(=O)c1cnc2cc(C(=O)OC(C)C)ccc2c1Cl. The molecule has 0 bridgehead atoms. The highest BCUT2D eigenvalue weighted by atomic mass is 35.5. The van der Waals surface area contributed by atoms with E-state index in [-0.39, 0.29) is 23.3 Å². The van der Waals surface area contributed by atoms with Crippen molar-refractivity contribution in [3.05, 3.63) is 40.5 Å². The molecule has 5 nitrogen and oxygen atoms in total. The van der Waals surface area contributed by atoms with Gasteiger partial charge in [0, 0.05) is 11.6 Å². The van der Waals surface area contributed by atoms with Gasteiger partial charge in [-0.3, -0.25) is 4.98 Å². The summed E-state index contributed by atoms with van der Waals surface area (Å²) in [7, 11) is 0. The van der Waals surface area contributed by atoms with Crippen LogP contribution in [0.1, 0.15) is 41.5 Å². The van der Waals surface area contributed by atoms with Gasteiger partial charge in [-0.1, -0.05) is 17.7 Å². The van der Waals surface area contributed by atoms with Crippen LogP contribution in [0.25, 0.3) is 10.9 Å². The van der Waals surface area contributed by atoms with Gasteiger partial charge < -0.3 is 9.47 Å². The predicted octanol–water partition coefficient (Wildman–Crippen LogP) is 3.63. The zero-order valence-corrected chi connectivity index (χ0v) is 13.3. The first-order valence-electron chi connectivity index (χ1n) is 6.90. The number of nitrogens with zero attached hydrogens (tertiary/aromatic N) is 1. The second kappa shape index (κ2) is 6.75. The highest BCUT2D eigenvalue weighted by Crippen LogP contribution is 2.27. The molecule has 6 heteroatoms. The lowest BCUT2D eigenvalue weighted by Crippen LogP contribution is -2.11. The Morgan fingerprint density at radius 3 is 2.64 bits per heavy atom. The number of ether oxygens (including phenoxy) is 2. The van der Waals surface area contributed by atoms with E-state index in [1.807, 2.05) is 0 Å². The van der Waals surface area contributed by atoms with Crippen LogP contribution in [0.3, 0.4) is 0 Å². The molecule has 0 amide bonds. The predicted molar refractivity (Wildman–Crippen MR) is 83.3 cm³/mol. The third-order valence-corrected chi connectivity index (χ3v) is 3.28. The van der Waals surface area contributed by atoms with Crippen molar-refractivity contribution in [2.75, 3.05) is 6.61 Å². The first-order valence-corrected chi connectivity index (χ1v) is 7.28. The number of carbonyl (C=O) groups is 2. The highest BCUT2D eigenvalue weighted by molar-refractivity contribution is 6.38. The fourth-order valence-corrected chi connectivity index (χ4v) is 2.21. The molecule has 0 aliphatic rings. The van der Waals surface area contributed by atoms with Crippen molar-refractivity contribution in [3.8, 4) is 0 Å². The van der Waals surface area contributed by atoms with E-state index in [4.69, 9.17) is 21.1 Å². The normalized spacial score (nSPS) is 10.8. The van der Waals surface area contributed by atoms with E-state index in [0.29, 0.717) is 16.5 Å². The van der Waals surface area contributed by atoms with Crippen molar-refractivity contribution < 1.29 is 19.1 Å². The number of carbonyl (C=O) groups excluding carboxylic acids is 2. The van der Waals surface area contributed by atoms with E-state index in [1.54, 1.807) is 39.0 Å². The Bertz CT molecular complexity index is 727. The van der Waals surface area contributed by atoms with Crippen LogP contribution >= 0.6 is 11.6 Å². The summed E-state index contributed by atoms with van der Waals surface area (Å²) in [5.74, 6) is -0.950. The molecule has 0 fully saturated rings. The number of fused-ring (bicyclic) bond motifs is 1. The molecule has 0 saturated heterocycles. The molecule has 1 aromatic carbocycles. The minimum atomic E-state index is -0.523. The van der Waals surface area contributed by atoms with Crippen LogP contribution < -0.4 is 0 Å². The number of rotatable bonds is 4. The van der Waals surface area contributed by atoms with Crippen molar-refractivity contribution in [2.45, 2.75) is 26.9 Å². The summed E-state index contributed by atoms with van der Waals surface area (Å²) in [5.41, 5.74) is 1.10. The summed E-state index contributed by atoms with van der Waals surface area (Å²) in [6.45, 7) is 5.53. The molecule has 2 rings (SSSR count). The van der Waals surface area contributed by atoms with E-state index in [2.05, 4.69) is 4.98 Å². The monoisotopic (exact) mass is 321 g/mol. The molecular formula is C16H16ClNO4. The first kappa shape index (κ1) is 16.2. The second-order valence-electron chi connectivity index (χ2n) is 4.89. The lowest BCUT2D eigenvalue weighted by atomic mass is 10.1. The number of esters is 2. The molecule has 0 saturated carbocycles. The lowest BCUT2D eigenvalue weighted by Gasteiger charge is -2.10. The summed E-state index contributed by atoms with van der Waals surface area (Å²) in [6, 6.07) is 4.82. The van der Waals surface area contributed by atoms with E-state index >= 15 is 0 Å². The largest absolute Gasteiger partial charge is 0.462 e. The van der Waals surface area contributed by atoms with Gasteiger partial charge >= 0.3 is 11.9 Å². The van der Waals surface area contributed by atoms with E-state index < -0.39 is 11.9 Å². The van der Waals surface area contributed by atoms with Crippen molar-refractivity contribution in [1.82, 2.24) is 4.98 Å². The molecule has 0 atom stereocenters. The Morgan fingerprint density at radius 1 is 1.27 bits per heavy atom. The summed E-state index contributed by atoms with van der Waals surface area (Å²) in [4.78, 5) is 27.8. The topological polar surface area (TPSA) is 65.5 Å². The third-order valence-electron chi connectivity index (χ3n) is 2.88. The number of hydrogen-bond donors (Lipinski definition) is 0. The minimum Gasteiger partial charge on any atom is -0.462 e. The van der Waals surface area contributed by atoms with Crippen molar-refractivity contribution >= 4 is 34.4 Å². The van der Waals surface area contributed by atoms with E-state index in [0.717, 1.165) is 0 Å². The van der Waals surface area contributed by atoms with Gasteiger partial charge in [-0.05, 0) is 32.9 Å². The Balaban J connectivity index is 2.42. The number of halogens is 1. The smallest absolute Gasteiger partial charge is 0.341 e. The average molecular weight is 322 g/mol. The molecule has 0 aliphatic carbocycles. The van der Waals surface area contributed by atoms with Crippen LogP contribution in [0.5, 0.6) is 0 Å². The third kappa shape index (κ3) is 3.36. The van der Waals surface area contributed by atoms with Gasteiger partial charge in [-0.2, -0.15) is 0 Å². The molecule has 22 heavy (non-hydrogen) atoms. The molecule has 2 aromatic rings. The maximum atomic E-state index is 11.9. The Hall–Kier alpha value is -2.14. The van der Waals surface area contributed by atoms with Gasteiger partial charge in [0.2, 0.25) is 0 Å². The zero-order valence-electron chi connectivity index (χ0n) is 12.6. The Labute approximate surface area is 133 Å². The summed E-state index contributed by atoms with van der Waals surface area (Å²) in [5, 5.41) is 0.834. The summed E-state index contributed by atoms with van der Waals surface area (Å²) < 4.78 is 10.1. The van der Waals surface area contributed by atoms with Gasteiger partial charge in [0.1, 0.15) is 0 Å². The Kier molecular flexibility index (Phi) is 4.98. The van der Waals surface area contributed by atoms with Crippen molar-refractivity contribution in [3.63, 3.8) is 0 Å². The molecular weight excluding hydrogens is 306 g/mol. The van der Waals surface area contributed by atoms with Crippen molar-refractivity contribution in [2.24, 2.45) is 0 Å². The Morgan fingerprint density at radius 2 is 2.00 bits per heavy atom. The highest BCUT2D eigenvalue weighted by Gasteiger charge is 2.17. The zero-order chi connectivity index (χ0) is 16.3. The standard InChI is InChI=1S/C16H16ClNO4/c1-4-21-16(20)12-8-18-13-7-10(15(19)22-9(2)3)5-6-11(13)14(12)17/h5-9H,4H2,1-3H3. The van der Waals surface area contributed by atoms with Gasteiger partial charge in [0.25, 0.3) is 0 Å². The molecule has 116 valence electrons. The fraction of sp³-hybridized carbons (Fsp3) is 0.312. The van der Waals surface area contributed by atoms with E-state index in [1.165, 1.54) is 6.20 Å². The number of hydrogen-bond acceptors (Lipinski definition) is 5. The number of aromatic nitrogens is 1. The first-order chi connectivity index (χ1) is 10.4. The van der Waals surface area contributed by atoms with Crippen LogP contribution in [0.15, 0.2) is 24.4 Å². The summed E-state index contributed by atoms with van der Waals surface area (Å²) in [6.07, 6.45) is 1.14. The van der Waals surface area contributed by atoms with E-state index in [9.17, 15) is 9.59 Å². The van der Waals surface area contributed by atoms with Crippen LogP contribution in [-0.4, -0.2) is 29.6 Å². The van der Waals surface area contributed by atoms with Gasteiger partial charge in [0.15, 0.2) is 0 Å². The molecule has 1 heterocycles. The average Bonchev–Trinajstić information content (AvgIpc) is 2.46. The van der Waals surface area contributed by atoms with Crippen LogP contribution in [0.2, 0.25) is 5.02 Å². The number of benzene rings is 1. The maximum Gasteiger partial charge on any atom is 0.341 e. The van der Waals surface area contributed by atoms with Gasteiger partial charge in [0.05, 0.1) is 34.4 Å². The van der Waals surface area contributed by atoms with Gasteiger partial charge in [-0.15, -0.1) is 0 Å². The van der Waals surface area contributed by atoms with Gasteiger partial charge in [-0.25, -0.2) is 9.59 Å². The molecule has 0 N–H and O–H groups in total. The molecule has 0 radical (unpaired) electrons. The molecule has 0 unspecified atom stereocenters.